The molecule has 0 spiro atoms. The second kappa shape index (κ2) is 3.56. The number of hydrogen-bond donors (Lipinski definition) is 1. The lowest BCUT2D eigenvalue weighted by Crippen LogP contribution is -2.23. The average Bonchev–Trinajstić information content (AvgIpc) is 3.10. The van der Waals surface area contributed by atoms with E-state index in [4.69, 9.17) is 0 Å². The highest BCUT2D eigenvalue weighted by Crippen LogP contribution is 2.47. The number of rotatable bonds is 3. The smallest absolute Gasteiger partial charge is 0.0702 e. The Kier molecular flexibility index (Phi) is 2.18. The van der Waals surface area contributed by atoms with Crippen molar-refractivity contribution in [2.24, 2.45) is 0 Å². The fraction of sp³-hybridized carbons (Fsp3) is 0.357. The third-order valence-electron chi connectivity index (χ3n) is 3.57. The van der Waals surface area contributed by atoms with Gasteiger partial charge >= 0.3 is 0 Å². The fourth-order valence-electron chi connectivity index (χ4n) is 2.42. The third kappa shape index (κ3) is 1.50. The standard InChI is InChI=1S/C14H16N2/c1-15-10-14(6-7-14)12-8-11-4-2-3-5-13(11)16-9-12/h2-5,8-9,15H,6-7,10H2,1H3. The van der Waals surface area contributed by atoms with Crippen LogP contribution in [0.25, 0.3) is 10.9 Å². The van der Waals surface area contributed by atoms with E-state index in [1.165, 1.54) is 23.8 Å². The zero-order valence-electron chi connectivity index (χ0n) is 9.53. The predicted molar refractivity (Wildman–Crippen MR) is 66.6 cm³/mol. The summed E-state index contributed by atoms with van der Waals surface area (Å²) >= 11 is 0. The first-order valence-corrected chi connectivity index (χ1v) is 5.84. The lowest BCUT2D eigenvalue weighted by atomic mass is 9.96. The van der Waals surface area contributed by atoms with Gasteiger partial charge in [-0.1, -0.05) is 18.2 Å². The van der Waals surface area contributed by atoms with Crippen molar-refractivity contribution in [3.63, 3.8) is 0 Å². The number of pyridine rings is 1. The number of fused-ring (bicyclic) bond motifs is 1. The average molecular weight is 212 g/mol. The van der Waals surface area contributed by atoms with Gasteiger partial charge in [-0.2, -0.15) is 0 Å². The Labute approximate surface area is 95.7 Å². The van der Waals surface area contributed by atoms with Crippen molar-refractivity contribution in [3.05, 3.63) is 42.1 Å². The minimum Gasteiger partial charge on any atom is -0.319 e. The summed E-state index contributed by atoms with van der Waals surface area (Å²) in [4.78, 5) is 4.54. The lowest BCUT2D eigenvalue weighted by Gasteiger charge is -2.15. The molecule has 82 valence electrons. The van der Waals surface area contributed by atoms with Crippen molar-refractivity contribution >= 4 is 10.9 Å². The number of para-hydroxylation sites is 1. The molecule has 0 amide bonds. The summed E-state index contributed by atoms with van der Waals surface area (Å²) in [5.74, 6) is 0. The van der Waals surface area contributed by atoms with Crippen molar-refractivity contribution in [3.8, 4) is 0 Å². The Morgan fingerprint density at radius 1 is 1.31 bits per heavy atom. The fourth-order valence-corrected chi connectivity index (χ4v) is 2.42. The minimum atomic E-state index is 0.367. The Morgan fingerprint density at radius 2 is 2.12 bits per heavy atom. The molecule has 1 aliphatic carbocycles. The maximum atomic E-state index is 4.54. The highest BCUT2D eigenvalue weighted by molar-refractivity contribution is 5.79. The second-order valence-corrected chi connectivity index (χ2v) is 4.73. The summed E-state index contributed by atoms with van der Waals surface area (Å²) in [7, 11) is 2.02. The van der Waals surface area contributed by atoms with Gasteiger partial charge in [0.25, 0.3) is 0 Å². The highest BCUT2D eigenvalue weighted by Gasteiger charge is 2.43. The monoisotopic (exact) mass is 212 g/mol. The molecule has 1 aromatic carbocycles. The van der Waals surface area contributed by atoms with Crippen LogP contribution in [0.4, 0.5) is 0 Å². The number of benzene rings is 1. The van der Waals surface area contributed by atoms with Gasteiger partial charge < -0.3 is 5.32 Å². The quantitative estimate of drug-likeness (QED) is 0.845. The van der Waals surface area contributed by atoms with Crippen LogP contribution in [0.1, 0.15) is 18.4 Å². The normalized spacial score (nSPS) is 17.6. The molecular formula is C14H16N2. The van der Waals surface area contributed by atoms with Crippen LogP contribution in [-0.4, -0.2) is 18.6 Å². The van der Waals surface area contributed by atoms with Gasteiger partial charge in [-0.15, -0.1) is 0 Å². The number of aromatic nitrogens is 1. The maximum Gasteiger partial charge on any atom is 0.0702 e. The van der Waals surface area contributed by atoms with Crippen LogP contribution in [0.3, 0.4) is 0 Å². The molecule has 0 bridgehead atoms. The first kappa shape index (κ1) is 9.79. The van der Waals surface area contributed by atoms with Gasteiger partial charge in [0.05, 0.1) is 5.52 Å². The molecule has 1 aliphatic rings. The second-order valence-electron chi connectivity index (χ2n) is 4.73. The van der Waals surface area contributed by atoms with Crippen molar-refractivity contribution in [1.29, 1.82) is 0 Å². The number of nitrogens with one attached hydrogen (secondary N) is 1. The SMILES string of the molecule is CNCC1(c2cnc3ccccc3c2)CC1. The van der Waals surface area contributed by atoms with Crippen LogP contribution in [-0.2, 0) is 5.41 Å². The largest absolute Gasteiger partial charge is 0.319 e. The summed E-state index contributed by atoms with van der Waals surface area (Å²) in [6.07, 6.45) is 4.62. The first-order valence-electron chi connectivity index (χ1n) is 5.84. The number of hydrogen-bond acceptors (Lipinski definition) is 2. The van der Waals surface area contributed by atoms with Crippen molar-refractivity contribution in [1.82, 2.24) is 10.3 Å². The molecule has 3 rings (SSSR count). The molecule has 0 saturated heterocycles. The van der Waals surface area contributed by atoms with Gasteiger partial charge in [0.15, 0.2) is 0 Å². The molecule has 0 aliphatic heterocycles. The lowest BCUT2D eigenvalue weighted by molar-refractivity contribution is 0.623. The molecule has 2 nitrogen and oxygen atoms in total. The zero-order valence-corrected chi connectivity index (χ0v) is 9.53. The Hall–Kier alpha value is -1.41. The van der Waals surface area contributed by atoms with Crippen LogP contribution >= 0.6 is 0 Å². The van der Waals surface area contributed by atoms with E-state index in [1.54, 1.807) is 0 Å². The third-order valence-corrected chi connectivity index (χ3v) is 3.57. The molecule has 1 saturated carbocycles. The van der Waals surface area contributed by atoms with E-state index in [0.29, 0.717) is 5.41 Å². The molecular weight excluding hydrogens is 196 g/mol. The Morgan fingerprint density at radius 3 is 2.88 bits per heavy atom. The van der Waals surface area contributed by atoms with E-state index in [9.17, 15) is 0 Å². The van der Waals surface area contributed by atoms with Crippen LogP contribution in [0.2, 0.25) is 0 Å². The molecule has 1 N–H and O–H groups in total. The summed E-state index contributed by atoms with van der Waals surface area (Å²) in [6.45, 7) is 1.06. The minimum absolute atomic E-state index is 0.367. The molecule has 0 atom stereocenters. The van der Waals surface area contributed by atoms with Crippen LogP contribution < -0.4 is 5.32 Å². The van der Waals surface area contributed by atoms with Crippen molar-refractivity contribution in [2.75, 3.05) is 13.6 Å². The van der Waals surface area contributed by atoms with Crippen molar-refractivity contribution < 1.29 is 0 Å². The summed E-state index contributed by atoms with van der Waals surface area (Å²) in [6, 6.07) is 10.6. The van der Waals surface area contributed by atoms with Gasteiger partial charge in [0.2, 0.25) is 0 Å². The van der Waals surface area contributed by atoms with Gasteiger partial charge in [0, 0.05) is 23.5 Å². The molecule has 0 radical (unpaired) electrons. The molecule has 1 heterocycles. The van der Waals surface area contributed by atoms with E-state index < -0.39 is 0 Å². The Bertz CT molecular complexity index is 515. The zero-order chi connectivity index (χ0) is 11.0. The summed E-state index contributed by atoms with van der Waals surface area (Å²) in [5, 5.41) is 4.54. The molecule has 0 unspecified atom stereocenters. The molecule has 1 fully saturated rings. The van der Waals surface area contributed by atoms with Gasteiger partial charge in [-0.25, -0.2) is 0 Å². The van der Waals surface area contributed by atoms with Crippen LogP contribution in [0.5, 0.6) is 0 Å². The first-order chi connectivity index (χ1) is 7.84. The van der Waals surface area contributed by atoms with E-state index in [2.05, 4.69) is 34.6 Å². The maximum absolute atomic E-state index is 4.54. The molecule has 1 aromatic heterocycles. The van der Waals surface area contributed by atoms with Gasteiger partial charge in [-0.05, 0) is 37.6 Å². The van der Waals surface area contributed by atoms with Gasteiger partial charge in [-0.3, -0.25) is 4.98 Å². The van der Waals surface area contributed by atoms with E-state index in [-0.39, 0.29) is 0 Å². The Balaban J connectivity index is 2.05. The van der Waals surface area contributed by atoms with Crippen LogP contribution in [0.15, 0.2) is 36.5 Å². The summed E-state index contributed by atoms with van der Waals surface area (Å²) < 4.78 is 0. The highest BCUT2D eigenvalue weighted by atomic mass is 14.9. The molecule has 2 aromatic rings. The number of nitrogens with zero attached hydrogens (tertiary/aromatic N) is 1. The van der Waals surface area contributed by atoms with Gasteiger partial charge in [0.1, 0.15) is 0 Å². The molecule has 16 heavy (non-hydrogen) atoms. The topological polar surface area (TPSA) is 24.9 Å². The number of likely N-dealkylation sites (N-methyl/N-ethyl adjacent to an activating group) is 1. The van der Waals surface area contributed by atoms with E-state index in [0.717, 1.165) is 12.1 Å². The van der Waals surface area contributed by atoms with E-state index in [1.807, 2.05) is 19.3 Å². The van der Waals surface area contributed by atoms with Crippen LogP contribution in [0, 0.1) is 0 Å². The predicted octanol–water partition coefficient (Wildman–Crippen LogP) is 2.49. The van der Waals surface area contributed by atoms with E-state index >= 15 is 0 Å². The summed E-state index contributed by atoms with van der Waals surface area (Å²) in [5.41, 5.74) is 2.85. The van der Waals surface area contributed by atoms with Crippen molar-refractivity contribution in [2.45, 2.75) is 18.3 Å². The molecule has 2 heteroatoms.